The predicted octanol–water partition coefficient (Wildman–Crippen LogP) is 1.94. The Kier molecular flexibility index (Phi) is 4.80. The van der Waals surface area contributed by atoms with Crippen LogP contribution >= 0.6 is 0 Å². The van der Waals surface area contributed by atoms with Crippen LogP contribution in [0.4, 0.5) is 0 Å². The van der Waals surface area contributed by atoms with Crippen LogP contribution in [-0.2, 0) is 0 Å². The minimum Gasteiger partial charge on any atom is -0.393 e. The maximum atomic E-state index is 9.53. The Balaban J connectivity index is 3.75. The molecule has 2 unspecified atom stereocenters. The van der Waals surface area contributed by atoms with Gasteiger partial charge in [0.05, 0.1) is 12.2 Å². The second kappa shape index (κ2) is 4.83. The van der Waals surface area contributed by atoms with Gasteiger partial charge >= 0.3 is 0 Å². The maximum absolute atomic E-state index is 9.53. The molecule has 2 N–H and O–H groups in total. The van der Waals surface area contributed by atoms with Crippen LogP contribution < -0.4 is 0 Å². The van der Waals surface area contributed by atoms with Gasteiger partial charge in [0.1, 0.15) is 0 Å². The summed E-state index contributed by atoms with van der Waals surface area (Å²) in [4.78, 5) is 0. The molecule has 12 heavy (non-hydrogen) atoms. The Morgan fingerprint density at radius 3 is 2.08 bits per heavy atom. The van der Waals surface area contributed by atoms with Gasteiger partial charge in [-0.3, -0.25) is 0 Å². The molecule has 74 valence electrons. The van der Waals surface area contributed by atoms with E-state index in [0.29, 0.717) is 6.42 Å². The van der Waals surface area contributed by atoms with Crippen LogP contribution in [0.1, 0.15) is 47.0 Å². The fourth-order valence-electron chi connectivity index (χ4n) is 1.26. The minimum absolute atomic E-state index is 0.189. The van der Waals surface area contributed by atoms with E-state index in [1.807, 2.05) is 0 Å². The largest absolute Gasteiger partial charge is 0.393 e. The maximum Gasteiger partial charge on any atom is 0.0569 e. The zero-order chi connectivity index (χ0) is 9.78. The summed E-state index contributed by atoms with van der Waals surface area (Å²) in [6, 6.07) is 0. The Morgan fingerprint density at radius 1 is 1.25 bits per heavy atom. The molecule has 2 heteroatoms. The van der Waals surface area contributed by atoms with E-state index >= 15 is 0 Å². The molecule has 0 aromatic carbocycles. The number of hydrogen-bond donors (Lipinski definition) is 2. The van der Waals surface area contributed by atoms with Gasteiger partial charge in [0.2, 0.25) is 0 Å². The number of aliphatic hydroxyl groups excluding tert-OH is 2. The lowest BCUT2D eigenvalue weighted by molar-refractivity contribution is 0.0579. The van der Waals surface area contributed by atoms with Crippen LogP contribution in [0.3, 0.4) is 0 Å². The van der Waals surface area contributed by atoms with Crippen molar-refractivity contribution in [1.82, 2.24) is 0 Å². The van der Waals surface area contributed by atoms with Gasteiger partial charge in [-0.1, -0.05) is 27.2 Å². The first-order valence-electron chi connectivity index (χ1n) is 4.73. The SMILES string of the molecule is CCC(C)(C)CC(O)CC(C)O. The van der Waals surface area contributed by atoms with Crippen molar-refractivity contribution in [3.05, 3.63) is 0 Å². The molecule has 0 radical (unpaired) electrons. The molecular formula is C10H22O2. The number of hydrogen-bond acceptors (Lipinski definition) is 2. The fraction of sp³-hybridized carbons (Fsp3) is 1.00. The molecule has 0 spiro atoms. The van der Waals surface area contributed by atoms with Crippen LogP contribution in [0, 0.1) is 5.41 Å². The van der Waals surface area contributed by atoms with Crippen LogP contribution in [-0.4, -0.2) is 22.4 Å². The van der Waals surface area contributed by atoms with Gasteiger partial charge < -0.3 is 10.2 Å². The molecule has 0 bridgehead atoms. The van der Waals surface area contributed by atoms with Gasteiger partial charge in [-0.25, -0.2) is 0 Å². The first kappa shape index (κ1) is 11.9. The van der Waals surface area contributed by atoms with Gasteiger partial charge in [0, 0.05) is 0 Å². The zero-order valence-corrected chi connectivity index (χ0v) is 8.67. The van der Waals surface area contributed by atoms with Gasteiger partial charge in [-0.05, 0) is 25.2 Å². The summed E-state index contributed by atoms with van der Waals surface area (Å²) in [6.45, 7) is 8.10. The van der Waals surface area contributed by atoms with Crippen molar-refractivity contribution in [3.8, 4) is 0 Å². The van der Waals surface area contributed by atoms with Crippen LogP contribution in [0.25, 0.3) is 0 Å². The van der Waals surface area contributed by atoms with E-state index in [0.717, 1.165) is 12.8 Å². The van der Waals surface area contributed by atoms with Gasteiger partial charge in [-0.15, -0.1) is 0 Å². The number of aliphatic hydroxyl groups is 2. The summed E-state index contributed by atoms with van der Waals surface area (Å²) in [5, 5.41) is 18.6. The first-order chi connectivity index (χ1) is 5.37. The average molecular weight is 174 g/mol. The van der Waals surface area contributed by atoms with Gasteiger partial charge in [0.25, 0.3) is 0 Å². The summed E-state index contributed by atoms with van der Waals surface area (Å²) in [5.74, 6) is 0. The molecule has 0 fully saturated rings. The zero-order valence-electron chi connectivity index (χ0n) is 8.67. The third-order valence-corrected chi connectivity index (χ3v) is 2.36. The molecule has 0 rings (SSSR count). The van der Waals surface area contributed by atoms with Crippen molar-refractivity contribution in [2.24, 2.45) is 5.41 Å². The lowest BCUT2D eigenvalue weighted by Gasteiger charge is -2.26. The van der Waals surface area contributed by atoms with E-state index < -0.39 is 6.10 Å². The molecule has 0 saturated heterocycles. The van der Waals surface area contributed by atoms with Crippen molar-refractivity contribution in [2.45, 2.75) is 59.2 Å². The third kappa shape index (κ3) is 5.56. The Labute approximate surface area is 75.6 Å². The molecule has 0 aromatic heterocycles. The number of rotatable bonds is 5. The third-order valence-electron chi connectivity index (χ3n) is 2.36. The summed E-state index contributed by atoms with van der Waals surface area (Å²) in [6.07, 6.45) is 1.56. The molecular weight excluding hydrogens is 152 g/mol. The van der Waals surface area contributed by atoms with Gasteiger partial charge in [-0.2, -0.15) is 0 Å². The van der Waals surface area contributed by atoms with Crippen LogP contribution in [0.2, 0.25) is 0 Å². The second-order valence-corrected chi connectivity index (χ2v) is 4.46. The second-order valence-electron chi connectivity index (χ2n) is 4.46. The standard InChI is InChI=1S/C10H22O2/c1-5-10(3,4)7-9(12)6-8(2)11/h8-9,11-12H,5-7H2,1-4H3. The predicted molar refractivity (Wildman–Crippen MR) is 51.0 cm³/mol. The normalized spacial score (nSPS) is 17.5. The van der Waals surface area contributed by atoms with Crippen molar-refractivity contribution >= 4 is 0 Å². The summed E-state index contributed by atoms with van der Waals surface area (Å²) in [5.41, 5.74) is 0.189. The topological polar surface area (TPSA) is 40.5 Å². The molecule has 2 atom stereocenters. The highest BCUT2D eigenvalue weighted by atomic mass is 16.3. The quantitative estimate of drug-likeness (QED) is 0.668. The van der Waals surface area contributed by atoms with Crippen molar-refractivity contribution < 1.29 is 10.2 Å². The molecule has 0 aromatic rings. The van der Waals surface area contributed by atoms with Crippen LogP contribution in [0.5, 0.6) is 0 Å². The average Bonchev–Trinajstić information content (AvgIpc) is 1.84. The van der Waals surface area contributed by atoms with E-state index in [1.54, 1.807) is 6.92 Å². The van der Waals surface area contributed by atoms with E-state index in [-0.39, 0.29) is 11.5 Å². The Morgan fingerprint density at radius 2 is 1.75 bits per heavy atom. The molecule has 0 aliphatic carbocycles. The van der Waals surface area contributed by atoms with E-state index in [4.69, 9.17) is 5.11 Å². The van der Waals surface area contributed by atoms with E-state index in [9.17, 15) is 5.11 Å². The van der Waals surface area contributed by atoms with Crippen molar-refractivity contribution in [2.75, 3.05) is 0 Å². The summed E-state index contributed by atoms with van der Waals surface area (Å²) >= 11 is 0. The first-order valence-corrected chi connectivity index (χ1v) is 4.73. The lowest BCUT2D eigenvalue weighted by atomic mass is 9.83. The fourth-order valence-corrected chi connectivity index (χ4v) is 1.26. The Bertz CT molecular complexity index is 119. The Hall–Kier alpha value is -0.0800. The lowest BCUT2D eigenvalue weighted by Crippen LogP contribution is -2.23. The highest BCUT2D eigenvalue weighted by molar-refractivity contribution is 4.72. The monoisotopic (exact) mass is 174 g/mol. The minimum atomic E-state index is -0.396. The molecule has 0 saturated carbocycles. The van der Waals surface area contributed by atoms with Crippen molar-refractivity contribution in [3.63, 3.8) is 0 Å². The van der Waals surface area contributed by atoms with Crippen molar-refractivity contribution in [1.29, 1.82) is 0 Å². The molecule has 0 heterocycles. The molecule has 0 aliphatic heterocycles. The van der Waals surface area contributed by atoms with E-state index in [2.05, 4.69) is 20.8 Å². The van der Waals surface area contributed by atoms with Gasteiger partial charge in [0.15, 0.2) is 0 Å². The molecule has 2 nitrogen and oxygen atoms in total. The van der Waals surface area contributed by atoms with E-state index in [1.165, 1.54) is 0 Å². The highest BCUT2D eigenvalue weighted by Crippen LogP contribution is 2.27. The molecule has 0 aliphatic rings. The van der Waals surface area contributed by atoms with Crippen LogP contribution in [0.15, 0.2) is 0 Å². The summed E-state index contributed by atoms with van der Waals surface area (Å²) < 4.78 is 0. The molecule has 0 amide bonds. The summed E-state index contributed by atoms with van der Waals surface area (Å²) in [7, 11) is 0. The highest BCUT2D eigenvalue weighted by Gasteiger charge is 2.20. The smallest absolute Gasteiger partial charge is 0.0569 e.